The van der Waals surface area contributed by atoms with Crippen LogP contribution in [0.3, 0.4) is 0 Å². The number of likely N-dealkylation sites (N-methyl/N-ethyl adjacent to an activating group) is 1. The number of nitrogens with zero attached hydrogens (tertiary/aromatic N) is 5. The second-order valence-corrected chi connectivity index (χ2v) is 12.7. The Hall–Kier alpha value is -2.77. The second kappa shape index (κ2) is 12.3. The molecule has 3 aromatic rings. The zero-order chi connectivity index (χ0) is 30.3. The van der Waals surface area contributed by atoms with Gasteiger partial charge in [-0.05, 0) is 68.8 Å². The third kappa shape index (κ3) is 6.39. The molecule has 0 saturated carbocycles. The van der Waals surface area contributed by atoms with E-state index in [1.165, 1.54) is 10.6 Å². The van der Waals surface area contributed by atoms with Crippen LogP contribution >= 0.6 is 11.6 Å². The van der Waals surface area contributed by atoms with E-state index in [1.807, 2.05) is 0 Å². The maximum absolute atomic E-state index is 13.8. The lowest BCUT2D eigenvalue weighted by molar-refractivity contribution is -0.140. The molecule has 9 nitrogen and oxygen atoms in total. The van der Waals surface area contributed by atoms with Gasteiger partial charge in [0, 0.05) is 54.6 Å². The van der Waals surface area contributed by atoms with E-state index in [4.69, 9.17) is 11.6 Å². The van der Waals surface area contributed by atoms with Crippen LogP contribution in [-0.4, -0.2) is 68.9 Å². The van der Waals surface area contributed by atoms with Gasteiger partial charge >= 0.3 is 6.18 Å². The number of nitrogens with one attached hydrogen (secondary N) is 3. The van der Waals surface area contributed by atoms with E-state index in [0.29, 0.717) is 45.9 Å². The van der Waals surface area contributed by atoms with Gasteiger partial charge in [-0.25, -0.2) is 15.0 Å². The van der Waals surface area contributed by atoms with Gasteiger partial charge in [-0.1, -0.05) is 24.9 Å². The molecule has 3 fully saturated rings. The highest BCUT2D eigenvalue weighted by atomic mass is 35.5. The number of hydrazine groups is 1. The van der Waals surface area contributed by atoms with Gasteiger partial charge in [0.05, 0.1) is 30.1 Å². The van der Waals surface area contributed by atoms with Gasteiger partial charge < -0.3 is 15.2 Å². The van der Waals surface area contributed by atoms with Gasteiger partial charge in [-0.2, -0.15) is 13.2 Å². The summed E-state index contributed by atoms with van der Waals surface area (Å²) in [5, 5.41) is 10.2. The van der Waals surface area contributed by atoms with Crippen molar-refractivity contribution in [2.75, 3.05) is 26.7 Å². The Morgan fingerprint density at radius 2 is 1.86 bits per heavy atom. The largest absolute Gasteiger partial charge is 0.434 e. The number of rotatable bonds is 3. The fourth-order valence-corrected chi connectivity index (χ4v) is 7.34. The minimum Gasteiger partial charge on any atom is -0.312 e. The van der Waals surface area contributed by atoms with Gasteiger partial charge in [0.1, 0.15) is 0 Å². The molecule has 6 rings (SSSR count). The highest BCUT2D eigenvalue weighted by Gasteiger charge is 2.41. The molecule has 4 unspecified atom stereocenters. The molecule has 2 bridgehead atoms. The zero-order valence-electron chi connectivity index (χ0n) is 24.3. The third-order valence-corrected chi connectivity index (χ3v) is 9.59. The Labute approximate surface area is 253 Å². The smallest absolute Gasteiger partial charge is 0.312 e. The molecule has 5 heterocycles. The number of fused-ring (bicyclic) bond motifs is 4. The highest BCUT2D eigenvalue weighted by Crippen LogP contribution is 2.35. The standard InChI is InChI=1S/C30H38ClF3N8O/c1-18-4-3-5-26(23-10-19(8-9-35-23)29-24(36-13-18)14-39-40(29)2)42-17-37-22(12-28(42)43)21-11-20(31)6-7-25(21)41-15-27(38-16-41)30(32,33)34/h6-7,11-12,15-19,23-24,26,29,35-36,39H,3-5,8-10,13-14H2,1-2H3/t18-,19?,23?,24?,26+,29?/m1/s1. The van der Waals surface area contributed by atoms with Crippen LogP contribution in [0.1, 0.15) is 50.8 Å². The maximum atomic E-state index is 13.8. The molecule has 2 aromatic heterocycles. The lowest BCUT2D eigenvalue weighted by Gasteiger charge is -2.42. The molecule has 13 heteroatoms. The first kappa shape index (κ1) is 30.3. The maximum Gasteiger partial charge on any atom is 0.434 e. The molecule has 232 valence electrons. The summed E-state index contributed by atoms with van der Waals surface area (Å²) in [7, 11) is 2.13. The van der Waals surface area contributed by atoms with Crippen LogP contribution in [0.2, 0.25) is 5.02 Å². The monoisotopic (exact) mass is 618 g/mol. The van der Waals surface area contributed by atoms with Crippen molar-refractivity contribution >= 4 is 11.6 Å². The fraction of sp³-hybridized carbons (Fsp3) is 0.567. The fourth-order valence-electron chi connectivity index (χ4n) is 7.17. The van der Waals surface area contributed by atoms with Gasteiger partial charge in [0.15, 0.2) is 5.69 Å². The Morgan fingerprint density at radius 3 is 2.63 bits per heavy atom. The number of alkyl halides is 3. The van der Waals surface area contributed by atoms with Gasteiger partial charge in [-0.3, -0.25) is 14.8 Å². The molecular formula is C30H38ClF3N8O. The highest BCUT2D eigenvalue weighted by molar-refractivity contribution is 6.31. The number of halogens is 4. The summed E-state index contributed by atoms with van der Waals surface area (Å²) in [6.07, 6.45) is 3.94. The van der Waals surface area contributed by atoms with Crippen LogP contribution < -0.4 is 21.6 Å². The molecule has 3 aliphatic heterocycles. The van der Waals surface area contributed by atoms with Crippen molar-refractivity contribution < 1.29 is 13.2 Å². The van der Waals surface area contributed by atoms with Gasteiger partial charge in [-0.15, -0.1) is 0 Å². The van der Waals surface area contributed by atoms with E-state index in [2.05, 4.69) is 45.0 Å². The van der Waals surface area contributed by atoms with Crippen molar-refractivity contribution in [3.05, 3.63) is 64.2 Å². The van der Waals surface area contributed by atoms with E-state index in [9.17, 15) is 18.0 Å². The van der Waals surface area contributed by atoms with Crippen LogP contribution in [0.4, 0.5) is 13.2 Å². The minimum absolute atomic E-state index is 0.0728. The van der Waals surface area contributed by atoms with Gasteiger partial charge in [0.25, 0.3) is 5.56 Å². The molecular weight excluding hydrogens is 581 g/mol. The molecule has 0 spiro atoms. The topological polar surface area (TPSA) is 92.0 Å². The van der Waals surface area contributed by atoms with Crippen LogP contribution in [0.15, 0.2) is 47.9 Å². The Kier molecular flexibility index (Phi) is 8.67. The molecule has 3 aliphatic rings. The molecule has 0 aliphatic carbocycles. The Morgan fingerprint density at radius 1 is 1.02 bits per heavy atom. The molecule has 3 N–H and O–H groups in total. The first-order valence-corrected chi connectivity index (χ1v) is 15.4. The quantitative estimate of drug-likeness (QED) is 0.404. The van der Waals surface area contributed by atoms with Gasteiger partial charge in [0.2, 0.25) is 0 Å². The lowest BCUT2D eigenvalue weighted by Crippen LogP contribution is -2.54. The number of aromatic nitrogens is 4. The summed E-state index contributed by atoms with van der Waals surface area (Å²) in [5.74, 6) is 0.980. The van der Waals surface area contributed by atoms with Crippen molar-refractivity contribution in [2.45, 2.75) is 69.4 Å². The lowest BCUT2D eigenvalue weighted by atomic mass is 9.80. The van der Waals surface area contributed by atoms with Crippen molar-refractivity contribution in [3.63, 3.8) is 0 Å². The second-order valence-electron chi connectivity index (χ2n) is 12.3. The van der Waals surface area contributed by atoms with E-state index >= 15 is 0 Å². The van der Waals surface area contributed by atoms with Crippen molar-refractivity contribution in [1.29, 1.82) is 0 Å². The summed E-state index contributed by atoms with van der Waals surface area (Å²) in [4.78, 5) is 22.0. The number of imidazole rings is 1. The van der Waals surface area contributed by atoms with E-state index < -0.39 is 11.9 Å². The summed E-state index contributed by atoms with van der Waals surface area (Å²) >= 11 is 6.29. The zero-order valence-corrected chi connectivity index (χ0v) is 25.1. The van der Waals surface area contributed by atoms with Crippen molar-refractivity contribution in [3.8, 4) is 16.9 Å². The predicted octanol–water partition coefficient (Wildman–Crippen LogP) is 4.27. The van der Waals surface area contributed by atoms with E-state index in [-0.39, 0.29) is 17.6 Å². The number of hydrogen-bond donors (Lipinski definition) is 3. The molecule has 3 saturated heterocycles. The Balaban J connectivity index is 1.33. The van der Waals surface area contributed by atoms with Crippen LogP contribution in [-0.2, 0) is 6.18 Å². The minimum atomic E-state index is -4.57. The predicted molar refractivity (Wildman–Crippen MR) is 159 cm³/mol. The molecule has 0 amide bonds. The summed E-state index contributed by atoms with van der Waals surface area (Å²) in [5.41, 5.74) is 3.49. The number of hydrogen-bond acceptors (Lipinski definition) is 7. The summed E-state index contributed by atoms with van der Waals surface area (Å²) in [6, 6.07) is 7.05. The average molecular weight is 619 g/mol. The number of piperidine rings is 1. The normalized spacial score (nSPS) is 29.1. The molecule has 43 heavy (non-hydrogen) atoms. The molecule has 0 radical (unpaired) electrons. The van der Waals surface area contributed by atoms with Crippen molar-refractivity contribution in [1.82, 2.24) is 40.2 Å². The number of benzene rings is 1. The van der Waals surface area contributed by atoms with Crippen LogP contribution in [0, 0.1) is 11.8 Å². The summed E-state index contributed by atoms with van der Waals surface area (Å²) in [6.45, 7) is 5.04. The van der Waals surface area contributed by atoms with E-state index in [0.717, 1.165) is 64.3 Å². The first-order valence-electron chi connectivity index (χ1n) is 15.0. The first-order chi connectivity index (χ1) is 20.6. The van der Waals surface area contributed by atoms with Crippen LogP contribution in [0.25, 0.3) is 16.9 Å². The average Bonchev–Trinajstić information content (AvgIpc) is 3.61. The molecule has 6 atom stereocenters. The van der Waals surface area contributed by atoms with Crippen molar-refractivity contribution in [2.24, 2.45) is 11.8 Å². The third-order valence-electron chi connectivity index (χ3n) is 9.35. The van der Waals surface area contributed by atoms with E-state index in [1.54, 1.807) is 29.1 Å². The van der Waals surface area contributed by atoms with Crippen LogP contribution in [0.5, 0.6) is 0 Å². The molecule has 1 aromatic carbocycles. The Bertz CT molecular complexity index is 1490. The SMILES string of the molecule is C[C@@H]1CCC[C@H](n2cnc(-c3cc(Cl)ccc3-n3cnc(C(F)(F)F)c3)cc2=O)C2CC(CCN2)C2C(CNN2C)NC1. The summed E-state index contributed by atoms with van der Waals surface area (Å²) < 4.78 is 42.8.